The van der Waals surface area contributed by atoms with Crippen molar-refractivity contribution >= 4 is 11.9 Å². The Kier molecular flexibility index (Phi) is 8.10. The molecule has 0 unspecified atom stereocenters. The van der Waals surface area contributed by atoms with E-state index in [2.05, 4.69) is 0 Å². The van der Waals surface area contributed by atoms with Crippen LogP contribution >= 0.6 is 0 Å². The van der Waals surface area contributed by atoms with Crippen LogP contribution in [0.1, 0.15) is 17.3 Å². The fourth-order valence-electron chi connectivity index (χ4n) is 0.581. The molecule has 78 valence electrons. The molecule has 5 nitrogen and oxygen atoms in total. The van der Waals surface area contributed by atoms with E-state index in [-0.39, 0.29) is 6.15 Å². The van der Waals surface area contributed by atoms with Gasteiger partial charge in [0.1, 0.15) is 0 Å². The average Bonchev–Trinajstić information content (AvgIpc) is 2.05. The molecule has 0 aliphatic rings. The van der Waals surface area contributed by atoms with Crippen molar-refractivity contribution in [2.45, 2.75) is 6.92 Å². The molecule has 14 heavy (non-hydrogen) atoms. The number of hydrogen-bond donors (Lipinski definition) is 3. The smallest absolute Gasteiger partial charge is 0.335 e. The zero-order valence-corrected chi connectivity index (χ0v) is 7.80. The Hall–Kier alpha value is -1.88. The summed E-state index contributed by atoms with van der Waals surface area (Å²) in [6.07, 6.45) is 0. The van der Waals surface area contributed by atoms with Crippen molar-refractivity contribution in [3.8, 4) is 0 Å². The van der Waals surface area contributed by atoms with Crippen molar-refractivity contribution in [2.75, 3.05) is 0 Å². The number of aliphatic carboxylic acids is 1. The highest BCUT2D eigenvalue weighted by molar-refractivity contribution is 5.87. The molecule has 0 atom stereocenters. The molecule has 0 fully saturated rings. The molecule has 0 aliphatic heterocycles. The zero-order valence-electron chi connectivity index (χ0n) is 7.80. The highest BCUT2D eigenvalue weighted by Crippen LogP contribution is 1.96. The number of hydrogen-bond acceptors (Lipinski definition) is 3. The third-order valence-corrected chi connectivity index (χ3v) is 1.02. The van der Waals surface area contributed by atoms with Crippen molar-refractivity contribution < 1.29 is 19.8 Å². The van der Waals surface area contributed by atoms with Crippen LogP contribution in [0.15, 0.2) is 30.3 Å². The quantitative estimate of drug-likeness (QED) is 0.636. The Balaban J connectivity index is 0. The second-order valence-corrected chi connectivity index (χ2v) is 2.19. The number of rotatable bonds is 1. The van der Waals surface area contributed by atoms with Crippen molar-refractivity contribution in [2.24, 2.45) is 0 Å². The molecule has 1 aromatic carbocycles. The van der Waals surface area contributed by atoms with E-state index in [1.54, 1.807) is 30.3 Å². The molecule has 0 heterocycles. The summed E-state index contributed by atoms with van der Waals surface area (Å²) in [5.41, 5.74) is 0.331. The summed E-state index contributed by atoms with van der Waals surface area (Å²) in [7, 11) is 0. The summed E-state index contributed by atoms with van der Waals surface area (Å²) in [5, 5.41) is 15.8. The summed E-state index contributed by atoms with van der Waals surface area (Å²) in [6, 6.07) is 8.30. The molecule has 5 heteroatoms. The van der Waals surface area contributed by atoms with Gasteiger partial charge in [-0.15, -0.1) is 0 Å². The van der Waals surface area contributed by atoms with E-state index in [4.69, 9.17) is 15.0 Å². The summed E-state index contributed by atoms with van der Waals surface area (Å²) in [5.74, 6) is -1.71. The predicted molar refractivity (Wildman–Crippen MR) is 51.7 cm³/mol. The monoisotopic (exact) mass is 199 g/mol. The van der Waals surface area contributed by atoms with Crippen LogP contribution in [0.2, 0.25) is 0 Å². The Morgan fingerprint density at radius 2 is 1.43 bits per heavy atom. The molecule has 0 spiro atoms. The number of carbonyl (C=O) groups is 2. The number of carboxylic acid groups (broad SMARTS) is 2. The first-order valence-corrected chi connectivity index (χ1v) is 3.52. The van der Waals surface area contributed by atoms with Gasteiger partial charge in [-0.1, -0.05) is 18.2 Å². The standard InChI is InChI=1S/C7H6O2.C2H4O2.H3N/c8-7(9)6-4-2-1-3-5-6;1-2(3)4;/h1-5H,(H,8,9);1H3,(H,3,4);1H3. The number of carboxylic acids is 2. The van der Waals surface area contributed by atoms with Gasteiger partial charge in [0.25, 0.3) is 5.97 Å². The largest absolute Gasteiger partial charge is 0.481 e. The van der Waals surface area contributed by atoms with Crippen LogP contribution in [-0.4, -0.2) is 22.2 Å². The summed E-state index contributed by atoms with van der Waals surface area (Å²) in [6.45, 7) is 1.08. The van der Waals surface area contributed by atoms with Crippen LogP contribution in [0.3, 0.4) is 0 Å². The first-order valence-electron chi connectivity index (χ1n) is 3.52. The van der Waals surface area contributed by atoms with E-state index >= 15 is 0 Å². The summed E-state index contributed by atoms with van der Waals surface area (Å²) in [4.78, 5) is 19.2. The lowest BCUT2D eigenvalue weighted by Crippen LogP contribution is -1.93. The van der Waals surface area contributed by atoms with Gasteiger partial charge in [-0.05, 0) is 12.1 Å². The van der Waals surface area contributed by atoms with E-state index in [0.29, 0.717) is 5.56 Å². The first kappa shape index (κ1) is 14.6. The molecule has 1 aromatic rings. The number of aromatic carboxylic acids is 1. The molecular weight excluding hydrogens is 186 g/mol. The maximum Gasteiger partial charge on any atom is 0.335 e. The lowest BCUT2D eigenvalue weighted by molar-refractivity contribution is -0.134. The molecule has 0 saturated carbocycles. The normalized spacial score (nSPS) is 7.50. The third-order valence-electron chi connectivity index (χ3n) is 1.02. The third kappa shape index (κ3) is 8.22. The minimum Gasteiger partial charge on any atom is -0.481 e. The van der Waals surface area contributed by atoms with Crippen LogP contribution in [0.4, 0.5) is 0 Å². The molecule has 0 saturated heterocycles. The molecule has 1 rings (SSSR count). The fourth-order valence-corrected chi connectivity index (χ4v) is 0.581. The van der Waals surface area contributed by atoms with Gasteiger partial charge in [0.05, 0.1) is 5.56 Å². The first-order chi connectivity index (χ1) is 6.04. The number of benzene rings is 1. The minimum atomic E-state index is -0.879. The lowest BCUT2D eigenvalue weighted by Gasteiger charge is -1.88. The van der Waals surface area contributed by atoms with Gasteiger partial charge in [-0.25, -0.2) is 4.79 Å². The second kappa shape index (κ2) is 7.75. The van der Waals surface area contributed by atoms with Crippen LogP contribution in [0.25, 0.3) is 0 Å². The van der Waals surface area contributed by atoms with Gasteiger partial charge < -0.3 is 16.4 Å². The molecule has 0 aliphatic carbocycles. The summed E-state index contributed by atoms with van der Waals surface area (Å²) < 4.78 is 0. The van der Waals surface area contributed by atoms with E-state index in [9.17, 15) is 4.79 Å². The Labute approximate surface area is 81.6 Å². The Bertz CT molecular complexity index is 280. The molecule has 0 bridgehead atoms. The lowest BCUT2D eigenvalue weighted by atomic mass is 10.2. The highest BCUT2D eigenvalue weighted by Gasteiger charge is 1.96. The molecule has 5 N–H and O–H groups in total. The molecule has 0 radical (unpaired) electrons. The van der Waals surface area contributed by atoms with Gasteiger partial charge in [0, 0.05) is 6.92 Å². The van der Waals surface area contributed by atoms with Gasteiger partial charge >= 0.3 is 5.97 Å². The topological polar surface area (TPSA) is 110 Å². The maximum absolute atomic E-state index is 10.2. The molecular formula is C9H13NO4. The minimum absolute atomic E-state index is 0. The van der Waals surface area contributed by atoms with Gasteiger partial charge in [-0.2, -0.15) is 0 Å². The van der Waals surface area contributed by atoms with E-state index in [0.717, 1.165) is 6.92 Å². The van der Waals surface area contributed by atoms with Crippen molar-refractivity contribution in [3.63, 3.8) is 0 Å². The summed E-state index contributed by atoms with van der Waals surface area (Å²) >= 11 is 0. The van der Waals surface area contributed by atoms with Crippen molar-refractivity contribution in [1.29, 1.82) is 0 Å². The van der Waals surface area contributed by atoms with Crippen LogP contribution in [0, 0.1) is 0 Å². The van der Waals surface area contributed by atoms with E-state index in [1.807, 2.05) is 0 Å². The Morgan fingerprint density at radius 3 is 1.64 bits per heavy atom. The predicted octanol–water partition coefficient (Wildman–Crippen LogP) is 1.64. The van der Waals surface area contributed by atoms with Crippen LogP contribution < -0.4 is 6.15 Å². The molecule has 0 amide bonds. The van der Waals surface area contributed by atoms with Crippen LogP contribution in [0.5, 0.6) is 0 Å². The van der Waals surface area contributed by atoms with Crippen molar-refractivity contribution in [3.05, 3.63) is 35.9 Å². The van der Waals surface area contributed by atoms with Crippen LogP contribution in [-0.2, 0) is 4.79 Å². The maximum atomic E-state index is 10.2. The van der Waals surface area contributed by atoms with Gasteiger partial charge in [-0.3, -0.25) is 4.79 Å². The van der Waals surface area contributed by atoms with Gasteiger partial charge in [0.2, 0.25) is 0 Å². The van der Waals surface area contributed by atoms with Crippen molar-refractivity contribution in [1.82, 2.24) is 6.15 Å². The zero-order chi connectivity index (χ0) is 10.3. The fraction of sp³-hybridized carbons (Fsp3) is 0.111. The van der Waals surface area contributed by atoms with E-state index < -0.39 is 11.9 Å². The van der Waals surface area contributed by atoms with Gasteiger partial charge in [0.15, 0.2) is 0 Å². The average molecular weight is 199 g/mol. The Morgan fingerprint density at radius 1 is 1.07 bits per heavy atom. The van der Waals surface area contributed by atoms with E-state index in [1.165, 1.54) is 0 Å². The SMILES string of the molecule is CC(=O)O.N.O=C(O)c1ccccc1. The second-order valence-electron chi connectivity index (χ2n) is 2.19. The molecule has 0 aromatic heterocycles. The highest BCUT2D eigenvalue weighted by atomic mass is 16.4.